The molecule has 1 N–H and O–H groups in total. The Labute approximate surface area is 115 Å². The van der Waals surface area contributed by atoms with Crippen LogP contribution in [-0.2, 0) is 4.79 Å². The minimum atomic E-state index is -1.57. The number of anilines is 1. The lowest BCUT2D eigenvalue weighted by Crippen LogP contribution is -2.39. The number of benzene rings is 1. The number of nitrogens with zero attached hydrogens (tertiary/aromatic N) is 1. The van der Waals surface area contributed by atoms with Crippen LogP contribution in [0.15, 0.2) is 12.1 Å². The largest absolute Gasteiger partial charge is 0.322 e. The van der Waals surface area contributed by atoms with E-state index in [-0.39, 0.29) is 12.2 Å². The quantitative estimate of drug-likeness (QED) is 0.867. The molecule has 1 heterocycles. The molecular weight excluding hydrogens is 269 g/mol. The molecule has 1 aromatic carbocycles. The van der Waals surface area contributed by atoms with Crippen molar-refractivity contribution in [3.63, 3.8) is 0 Å². The van der Waals surface area contributed by atoms with Crippen molar-refractivity contribution >= 4 is 11.6 Å². The third-order valence-corrected chi connectivity index (χ3v) is 3.42. The number of rotatable bonds is 3. The molecule has 0 spiro atoms. The molecule has 0 bridgehead atoms. The lowest BCUT2D eigenvalue weighted by atomic mass is 10.0. The van der Waals surface area contributed by atoms with E-state index in [0.717, 1.165) is 38.1 Å². The lowest BCUT2D eigenvalue weighted by Gasteiger charge is -2.30. The van der Waals surface area contributed by atoms with Crippen molar-refractivity contribution in [2.75, 3.05) is 25.0 Å². The van der Waals surface area contributed by atoms with Crippen molar-refractivity contribution in [3.05, 3.63) is 29.6 Å². The second-order valence-electron chi connectivity index (χ2n) is 5.25. The van der Waals surface area contributed by atoms with E-state index in [9.17, 15) is 18.0 Å². The topological polar surface area (TPSA) is 32.3 Å². The SMILES string of the molecule is C[C@H]1CCCN(CC(=O)Nc2ccc(F)c(F)c2F)C1. The Morgan fingerprint density at radius 1 is 1.35 bits per heavy atom. The summed E-state index contributed by atoms with van der Waals surface area (Å²) in [4.78, 5) is 13.8. The Kier molecular flexibility index (Phi) is 4.65. The van der Waals surface area contributed by atoms with Crippen LogP contribution in [0.3, 0.4) is 0 Å². The standard InChI is InChI=1S/C14H17F3N2O/c1-9-3-2-6-19(7-9)8-12(20)18-11-5-4-10(15)13(16)14(11)17/h4-5,9H,2-3,6-8H2,1H3,(H,18,20)/t9-/m0/s1. The van der Waals surface area contributed by atoms with Gasteiger partial charge in [-0.3, -0.25) is 9.69 Å². The van der Waals surface area contributed by atoms with Gasteiger partial charge in [0.15, 0.2) is 17.5 Å². The second kappa shape index (κ2) is 6.26. The van der Waals surface area contributed by atoms with Crippen LogP contribution >= 0.6 is 0 Å². The van der Waals surface area contributed by atoms with Gasteiger partial charge in [-0.15, -0.1) is 0 Å². The molecule has 1 fully saturated rings. The Hall–Kier alpha value is -1.56. The van der Waals surface area contributed by atoms with Crippen LogP contribution in [0.2, 0.25) is 0 Å². The average Bonchev–Trinajstić information content (AvgIpc) is 2.39. The van der Waals surface area contributed by atoms with Gasteiger partial charge in [0.25, 0.3) is 0 Å². The van der Waals surface area contributed by atoms with Gasteiger partial charge in [-0.2, -0.15) is 0 Å². The number of carbonyl (C=O) groups excluding carboxylic acids is 1. The van der Waals surface area contributed by atoms with Crippen LogP contribution in [0.25, 0.3) is 0 Å². The van der Waals surface area contributed by atoms with E-state index in [2.05, 4.69) is 12.2 Å². The number of likely N-dealkylation sites (tertiary alicyclic amines) is 1. The van der Waals surface area contributed by atoms with Crippen molar-refractivity contribution in [3.8, 4) is 0 Å². The highest BCUT2D eigenvalue weighted by atomic mass is 19.2. The van der Waals surface area contributed by atoms with E-state index in [1.54, 1.807) is 0 Å². The summed E-state index contributed by atoms with van der Waals surface area (Å²) in [7, 11) is 0. The molecule has 0 saturated carbocycles. The molecular formula is C14H17F3N2O. The maximum Gasteiger partial charge on any atom is 0.238 e. The van der Waals surface area contributed by atoms with E-state index >= 15 is 0 Å². The molecule has 1 aliphatic heterocycles. The van der Waals surface area contributed by atoms with Gasteiger partial charge < -0.3 is 5.32 Å². The van der Waals surface area contributed by atoms with Gasteiger partial charge in [0.05, 0.1) is 12.2 Å². The zero-order valence-corrected chi connectivity index (χ0v) is 11.3. The molecule has 0 radical (unpaired) electrons. The van der Waals surface area contributed by atoms with E-state index in [1.807, 2.05) is 4.90 Å². The predicted octanol–water partition coefficient (Wildman–Crippen LogP) is 2.77. The molecule has 3 nitrogen and oxygen atoms in total. The summed E-state index contributed by atoms with van der Waals surface area (Å²) in [6.45, 7) is 3.87. The van der Waals surface area contributed by atoms with Gasteiger partial charge in [0, 0.05) is 6.54 Å². The third kappa shape index (κ3) is 3.50. The molecule has 110 valence electrons. The highest BCUT2D eigenvalue weighted by Gasteiger charge is 2.20. The van der Waals surface area contributed by atoms with Crippen LogP contribution in [0, 0.1) is 23.4 Å². The summed E-state index contributed by atoms with van der Waals surface area (Å²) < 4.78 is 39.2. The van der Waals surface area contributed by atoms with E-state index < -0.39 is 23.4 Å². The predicted molar refractivity (Wildman–Crippen MR) is 69.8 cm³/mol. The lowest BCUT2D eigenvalue weighted by molar-refractivity contribution is -0.117. The minimum Gasteiger partial charge on any atom is -0.322 e. The first-order valence-electron chi connectivity index (χ1n) is 6.63. The van der Waals surface area contributed by atoms with Crippen LogP contribution < -0.4 is 5.32 Å². The van der Waals surface area contributed by atoms with Gasteiger partial charge >= 0.3 is 0 Å². The fourth-order valence-corrected chi connectivity index (χ4v) is 2.45. The Morgan fingerprint density at radius 2 is 2.10 bits per heavy atom. The summed E-state index contributed by atoms with van der Waals surface area (Å²) >= 11 is 0. The number of piperidine rings is 1. The number of amides is 1. The first-order chi connectivity index (χ1) is 9.47. The first kappa shape index (κ1) is 14.8. The number of halogens is 3. The van der Waals surface area contributed by atoms with Gasteiger partial charge in [-0.1, -0.05) is 6.92 Å². The number of hydrogen-bond donors (Lipinski definition) is 1. The zero-order chi connectivity index (χ0) is 14.7. The van der Waals surface area contributed by atoms with E-state index in [0.29, 0.717) is 5.92 Å². The van der Waals surface area contributed by atoms with Crippen LogP contribution in [-0.4, -0.2) is 30.4 Å². The third-order valence-electron chi connectivity index (χ3n) is 3.42. The summed E-state index contributed by atoms with van der Waals surface area (Å²) in [6.07, 6.45) is 2.16. The van der Waals surface area contributed by atoms with E-state index in [1.165, 1.54) is 0 Å². The molecule has 1 aromatic rings. The molecule has 1 atom stereocenters. The van der Waals surface area contributed by atoms with Crippen LogP contribution in [0.1, 0.15) is 19.8 Å². The normalized spacial score (nSPS) is 19.9. The minimum absolute atomic E-state index is 0.128. The molecule has 1 amide bonds. The molecule has 0 aromatic heterocycles. The zero-order valence-electron chi connectivity index (χ0n) is 11.3. The van der Waals surface area contributed by atoms with Crippen molar-refractivity contribution in [1.82, 2.24) is 4.90 Å². The number of carbonyl (C=O) groups is 1. The summed E-state index contributed by atoms with van der Waals surface area (Å²) in [5, 5.41) is 2.28. The summed E-state index contributed by atoms with van der Waals surface area (Å²) in [5.74, 6) is -4.12. The average molecular weight is 286 g/mol. The Balaban J connectivity index is 1.96. The van der Waals surface area contributed by atoms with Gasteiger partial charge in [-0.05, 0) is 37.4 Å². The molecule has 1 aliphatic rings. The molecule has 0 unspecified atom stereocenters. The highest BCUT2D eigenvalue weighted by Crippen LogP contribution is 2.20. The first-order valence-corrected chi connectivity index (χ1v) is 6.63. The van der Waals surface area contributed by atoms with E-state index in [4.69, 9.17) is 0 Å². The van der Waals surface area contributed by atoms with Crippen molar-refractivity contribution in [2.45, 2.75) is 19.8 Å². The Morgan fingerprint density at radius 3 is 2.80 bits per heavy atom. The van der Waals surface area contributed by atoms with Crippen molar-refractivity contribution in [2.24, 2.45) is 5.92 Å². The monoisotopic (exact) mass is 286 g/mol. The fourth-order valence-electron chi connectivity index (χ4n) is 2.45. The second-order valence-corrected chi connectivity index (χ2v) is 5.25. The van der Waals surface area contributed by atoms with Crippen LogP contribution in [0.4, 0.5) is 18.9 Å². The maximum absolute atomic E-state index is 13.4. The molecule has 20 heavy (non-hydrogen) atoms. The smallest absolute Gasteiger partial charge is 0.238 e. The summed E-state index contributed by atoms with van der Waals surface area (Å²) in [6, 6.07) is 1.81. The molecule has 1 saturated heterocycles. The summed E-state index contributed by atoms with van der Waals surface area (Å²) in [5.41, 5.74) is -0.334. The molecule has 6 heteroatoms. The molecule has 2 rings (SSSR count). The van der Waals surface area contributed by atoms with Gasteiger partial charge in [-0.25, -0.2) is 13.2 Å². The van der Waals surface area contributed by atoms with Gasteiger partial charge in [0.1, 0.15) is 0 Å². The number of nitrogens with one attached hydrogen (secondary N) is 1. The Bertz CT molecular complexity index is 507. The molecule has 0 aliphatic carbocycles. The van der Waals surface area contributed by atoms with Gasteiger partial charge in [0.2, 0.25) is 5.91 Å². The van der Waals surface area contributed by atoms with Crippen molar-refractivity contribution in [1.29, 1.82) is 0 Å². The van der Waals surface area contributed by atoms with Crippen LogP contribution in [0.5, 0.6) is 0 Å². The highest BCUT2D eigenvalue weighted by molar-refractivity contribution is 5.92. The number of hydrogen-bond acceptors (Lipinski definition) is 2. The fraction of sp³-hybridized carbons (Fsp3) is 0.500. The van der Waals surface area contributed by atoms with Crippen molar-refractivity contribution < 1.29 is 18.0 Å². The maximum atomic E-state index is 13.4.